The third-order valence-corrected chi connectivity index (χ3v) is 9.58. The molecule has 0 aromatic carbocycles. The predicted molar refractivity (Wildman–Crippen MR) is 116 cm³/mol. The van der Waals surface area contributed by atoms with E-state index < -0.39 is 0 Å². The van der Waals surface area contributed by atoms with Gasteiger partial charge < -0.3 is 4.74 Å². The summed E-state index contributed by atoms with van der Waals surface area (Å²) in [5.74, 6) is 2.36. The highest BCUT2D eigenvalue weighted by molar-refractivity contribution is 5.77. The summed E-state index contributed by atoms with van der Waals surface area (Å²) in [4.78, 5) is 16.0. The molecule has 5 rings (SSSR count). The summed E-state index contributed by atoms with van der Waals surface area (Å²) in [7, 11) is 0. The molecule has 1 saturated carbocycles. The van der Waals surface area contributed by atoms with Crippen LogP contribution in [0.5, 0.6) is 0 Å². The standard InChI is InChI=1S/C26H39NO2/c1-17(2)18-6-8-21-19(14-18)7-9-23-25(21,3)11-5-12-26(23,4)24(28)29-22-16-27-13-10-20(22)15-27/h7,14,17,20-23H,5-6,8-13,15-16H2,1-4H3. The van der Waals surface area contributed by atoms with E-state index in [1.54, 1.807) is 11.1 Å². The molecule has 0 amide bonds. The molecule has 160 valence electrons. The second kappa shape index (κ2) is 6.97. The summed E-state index contributed by atoms with van der Waals surface area (Å²) >= 11 is 0. The van der Waals surface area contributed by atoms with Gasteiger partial charge in [-0.15, -0.1) is 0 Å². The third-order valence-electron chi connectivity index (χ3n) is 9.58. The second-order valence-corrected chi connectivity index (χ2v) is 11.5. The van der Waals surface area contributed by atoms with Gasteiger partial charge in [0.05, 0.1) is 5.41 Å². The quantitative estimate of drug-likeness (QED) is 0.600. The lowest BCUT2D eigenvalue weighted by molar-refractivity contribution is -0.176. The Bertz CT molecular complexity index is 752. The first-order valence-electron chi connectivity index (χ1n) is 12.2. The average Bonchev–Trinajstić information content (AvgIpc) is 3.30. The summed E-state index contributed by atoms with van der Waals surface area (Å²) in [5, 5.41) is 0. The van der Waals surface area contributed by atoms with Crippen LogP contribution >= 0.6 is 0 Å². The lowest BCUT2D eigenvalue weighted by Gasteiger charge is -2.57. The van der Waals surface area contributed by atoms with E-state index in [1.807, 2.05) is 0 Å². The molecule has 0 radical (unpaired) electrons. The molecule has 3 fully saturated rings. The Kier molecular flexibility index (Phi) is 4.77. The molecule has 7 atom stereocenters. The summed E-state index contributed by atoms with van der Waals surface area (Å²) in [5.41, 5.74) is 3.08. The average molecular weight is 398 g/mol. The molecule has 0 N–H and O–H groups in total. The van der Waals surface area contributed by atoms with Gasteiger partial charge in [0.25, 0.3) is 0 Å². The van der Waals surface area contributed by atoms with Gasteiger partial charge in [-0.3, -0.25) is 9.69 Å². The molecule has 0 spiro atoms. The molecular weight excluding hydrogens is 358 g/mol. The van der Waals surface area contributed by atoms with Gasteiger partial charge in [0.2, 0.25) is 0 Å². The highest BCUT2D eigenvalue weighted by Gasteiger charge is 2.58. The van der Waals surface area contributed by atoms with E-state index in [4.69, 9.17) is 4.74 Å². The molecule has 2 saturated heterocycles. The van der Waals surface area contributed by atoms with Crippen molar-refractivity contribution in [3.05, 3.63) is 23.3 Å². The Labute approximate surface area is 176 Å². The van der Waals surface area contributed by atoms with Crippen LogP contribution in [-0.4, -0.2) is 36.6 Å². The zero-order valence-corrected chi connectivity index (χ0v) is 18.9. The number of hydrogen-bond acceptors (Lipinski definition) is 3. The minimum Gasteiger partial charge on any atom is -0.460 e. The lowest BCUT2D eigenvalue weighted by Crippen LogP contribution is -2.54. The molecule has 3 aliphatic carbocycles. The van der Waals surface area contributed by atoms with Crippen molar-refractivity contribution < 1.29 is 9.53 Å². The van der Waals surface area contributed by atoms with Crippen molar-refractivity contribution in [1.82, 2.24) is 4.90 Å². The summed E-state index contributed by atoms with van der Waals surface area (Å²) in [6.45, 7) is 12.7. The smallest absolute Gasteiger partial charge is 0.312 e. The molecular formula is C26H39NO2. The van der Waals surface area contributed by atoms with Gasteiger partial charge in [-0.05, 0) is 80.7 Å². The molecule has 29 heavy (non-hydrogen) atoms. The van der Waals surface area contributed by atoms with Gasteiger partial charge in [-0.25, -0.2) is 0 Å². The number of piperidine rings is 1. The van der Waals surface area contributed by atoms with Gasteiger partial charge in [0.1, 0.15) is 6.10 Å². The Hall–Kier alpha value is -1.09. The molecule has 7 unspecified atom stereocenters. The number of carbonyl (C=O) groups excluding carboxylic acids is 1. The summed E-state index contributed by atoms with van der Waals surface area (Å²) in [6, 6.07) is 0. The van der Waals surface area contributed by atoms with Crippen molar-refractivity contribution >= 4 is 5.97 Å². The van der Waals surface area contributed by atoms with Crippen molar-refractivity contribution in [1.29, 1.82) is 0 Å². The molecule has 0 aromatic rings. The number of ether oxygens (including phenoxy) is 1. The normalized spacial score (nSPS) is 46.0. The van der Waals surface area contributed by atoms with Gasteiger partial charge in [0, 0.05) is 19.0 Å². The second-order valence-electron chi connectivity index (χ2n) is 11.5. The van der Waals surface area contributed by atoms with E-state index in [9.17, 15) is 4.79 Å². The highest BCUT2D eigenvalue weighted by atomic mass is 16.5. The van der Waals surface area contributed by atoms with E-state index >= 15 is 0 Å². The first kappa shape index (κ1) is 19.8. The van der Waals surface area contributed by atoms with E-state index in [-0.39, 0.29) is 22.9 Å². The lowest BCUT2D eigenvalue weighted by atomic mass is 9.47. The largest absolute Gasteiger partial charge is 0.460 e. The van der Waals surface area contributed by atoms with Gasteiger partial charge in [0.15, 0.2) is 0 Å². The van der Waals surface area contributed by atoms with Crippen LogP contribution in [0.15, 0.2) is 23.3 Å². The van der Waals surface area contributed by atoms with Crippen LogP contribution in [0.25, 0.3) is 0 Å². The number of hydrogen-bond donors (Lipinski definition) is 0. The first-order valence-corrected chi connectivity index (χ1v) is 12.2. The van der Waals surface area contributed by atoms with Crippen molar-refractivity contribution in [2.45, 2.75) is 78.7 Å². The van der Waals surface area contributed by atoms with E-state index in [1.165, 1.54) is 32.2 Å². The van der Waals surface area contributed by atoms with Crippen LogP contribution in [0.4, 0.5) is 0 Å². The van der Waals surface area contributed by atoms with Crippen molar-refractivity contribution in [2.75, 3.05) is 19.6 Å². The van der Waals surface area contributed by atoms with Crippen LogP contribution in [0, 0.1) is 34.5 Å². The minimum atomic E-state index is -0.325. The van der Waals surface area contributed by atoms with Crippen LogP contribution in [0.2, 0.25) is 0 Å². The minimum absolute atomic E-state index is 0.109. The fourth-order valence-electron chi connectivity index (χ4n) is 7.73. The number of fused-ring (bicyclic) bond motifs is 5. The Balaban J connectivity index is 1.39. The van der Waals surface area contributed by atoms with Crippen LogP contribution in [0.1, 0.15) is 72.6 Å². The molecule has 2 bridgehead atoms. The molecule has 0 aromatic heterocycles. The third kappa shape index (κ3) is 3.06. The number of rotatable bonds is 3. The number of esters is 1. The number of nitrogens with zero attached hydrogens (tertiary/aromatic N) is 1. The van der Waals surface area contributed by atoms with Crippen LogP contribution in [0.3, 0.4) is 0 Å². The Morgan fingerprint density at radius 2 is 2.03 bits per heavy atom. The first-order chi connectivity index (χ1) is 13.8. The van der Waals surface area contributed by atoms with E-state index in [2.05, 4.69) is 44.7 Å². The van der Waals surface area contributed by atoms with Crippen molar-refractivity contribution in [3.8, 4) is 0 Å². The maximum atomic E-state index is 13.6. The van der Waals surface area contributed by atoms with Crippen molar-refractivity contribution in [2.24, 2.45) is 34.5 Å². The molecule has 5 aliphatic rings. The number of carbonyl (C=O) groups is 1. The molecule has 2 aliphatic heterocycles. The predicted octanol–water partition coefficient (Wildman–Crippen LogP) is 5.37. The summed E-state index contributed by atoms with van der Waals surface area (Å²) < 4.78 is 6.25. The zero-order valence-electron chi connectivity index (χ0n) is 18.9. The SMILES string of the molecule is CC(C)C1=CC2=CCC3C(C)(C(=O)OC4CN5CCC4C5)CCCC3(C)C2CC1. The van der Waals surface area contributed by atoms with Crippen molar-refractivity contribution in [3.63, 3.8) is 0 Å². The van der Waals surface area contributed by atoms with E-state index in [0.29, 0.717) is 23.7 Å². The van der Waals surface area contributed by atoms with Crippen LogP contribution in [-0.2, 0) is 9.53 Å². The Morgan fingerprint density at radius 1 is 1.21 bits per heavy atom. The maximum absolute atomic E-state index is 13.6. The van der Waals surface area contributed by atoms with Crippen LogP contribution < -0.4 is 0 Å². The van der Waals surface area contributed by atoms with Gasteiger partial charge in [-0.2, -0.15) is 0 Å². The fourth-order valence-corrected chi connectivity index (χ4v) is 7.73. The summed E-state index contributed by atoms with van der Waals surface area (Å²) in [6.07, 6.45) is 13.3. The van der Waals surface area contributed by atoms with Gasteiger partial charge in [-0.1, -0.05) is 44.9 Å². The zero-order chi connectivity index (χ0) is 20.4. The monoisotopic (exact) mass is 397 g/mol. The fraction of sp³-hybridized carbons (Fsp3) is 0.808. The molecule has 3 nitrogen and oxygen atoms in total. The van der Waals surface area contributed by atoms with Gasteiger partial charge >= 0.3 is 5.97 Å². The topological polar surface area (TPSA) is 29.5 Å². The Morgan fingerprint density at radius 3 is 2.72 bits per heavy atom. The van der Waals surface area contributed by atoms with E-state index in [0.717, 1.165) is 32.4 Å². The number of allylic oxidation sites excluding steroid dienone is 4. The molecule has 2 heterocycles. The highest BCUT2D eigenvalue weighted by Crippen LogP contribution is 2.62. The molecule has 3 heteroatoms. The maximum Gasteiger partial charge on any atom is 0.312 e.